The number of pyridine rings is 1. The summed E-state index contributed by atoms with van der Waals surface area (Å²) in [5.74, 6) is -0.462. The zero-order chi connectivity index (χ0) is 14.5. The fourth-order valence-electron chi connectivity index (χ4n) is 1.61. The highest BCUT2D eigenvalue weighted by Gasteiger charge is 2.08. The van der Waals surface area contributed by atoms with Crippen LogP contribution in [0.1, 0.15) is 16.2 Å². The van der Waals surface area contributed by atoms with Gasteiger partial charge in [-0.3, -0.25) is 0 Å². The molecule has 1 aromatic heterocycles. The maximum absolute atomic E-state index is 11.4. The summed E-state index contributed by atoms with van der Waals surface area (Å²) in [6.07, 6.45) is 0. The standard InChI is InChI=1S/C14H12Cl2N2O2/c1-20-14(19)13-4-2-3-10(18-13)8-17-12-6-5-9(15)7-11(12)16/h2-7,17H,8H2,1H3. The maximum atomic E-state index is 11.4. The van der Waals surface area contributed by atoms with Crippen molar-refractivity contribution >= 4 is 34.9 Å². The Morgan fingerprint density at radius 1 is 1.30 bits per heavy atom. The van der Waals surface area contributed by atoms with E-state index in [1.54, 1.807) is 30.3 Å². The lowest BCUT2D eigenvalue weighted by Gasteiger charge is -2.09. The molecule has 2 aromatic rings. The first kappa shape index (κ1) is 14.6. The van der Waals surface area contributed by atoms with Crippen LogP contribution in [0.3, 0.4) is 0 Å². The third-order valence-corrected chi connectivity index (χ3v) is 3.14. The van der Waals surface area contributed by atoms with Gasteiger partial charge in [0.2, 0.25) is 0 Å². The molecule has 0 amide bonds. The second-order valence-electron chi connectivity index (χ2n) is 3.98. The van der Waals surface area contributed by atoms with Crippen LogP contribution >= 0.6 is 23.2 Å². The van der Waals surface area contributed by atoms with Gasteiger partial charge in [-0.25, -0.2) is 9.78 Å². The average molecular weight is 311 g/mol. The Labute approximate surface area is 126 Å². The largest absolute Gasteiger partial charge is 0.464 e. The molecule has 104 valence electrons. The van der Waals surface area contributed by atoms with Crippen molar-refractivity contribution < 1.29 is 9.53 Å². The fourth-order valence-corrected chi connectivity index (χ4v) is 2.09. The van der Waals surface area contributed by atoms with Gasteiger partial charge < -0.3 is 10.1 Å². The second kappa shape index (κ2) is 6.59. The minimum atomic E-state index is -0.462. The number of ether oxygens (including phenoxy) is 1. The van der Waals surface area contributed by atoms with Crippen LogP contribution in [-0.4, -0.2) is 18.1 Å². The number of nitrogens with one attached hydrogen (secondary N) is 1. The first-order chi connectivity index (χ1) is 9.60. The minimum absolute atomic E-state index is 0.272. The highest BCUT2D eigenvalue weighted by atomic mass is 35.5. The van der Waals surface area contributed by atoms with Crippen LogP contribution in [-0.2, 0) is 11.3 Å². The Bertz CT molecular complexity index is 632. The normalized spacial score (nSPS) is 10.2. The topological polar surface area (TPSA) is 51.2 Å². The molecule has 0 aliphatic rings. The van der Waals surface area contributed by atoms with Crippen LogP contribution in [0.4, 0.5) is 5.69 Å². The smallest absolute Gasteiger partial charge is 0.356 e. The molecule has 0 fully saturated rings. The zero-order valence-corrected chi connectivity index (χ0v) is 12.2. The maximum Gasteiger partial charge on any atom is 0.356 e. The number of hydrogen-bond donors (Lipinski definition) is 1. The summed E-state index contributed by atoms with van der Waals surface area (Å²) in [5, 5.41) is 4.24. The molecule has 0 saturated heterocycles. The lowest BCUT2D eigenvalue weighted by molar-refractivity contribution is 0.0593. The first-order valence-electron chi connectivity index (χ1n) is 5.83. The Kier molecular flexibility index (Phi) is 4.82. The van der Waals surface area contributed by atoms with Gasteiger partial charge in [0.1, 0.15) is 5.69 Å². The van der Waals surface area contributed by atoms with Crippen molar-refractivity contribution in [3.8, 4) is 0 Å². The lowest BCUT2D eigenvalue weighted by atomic mass is 10.2. The molecule has 0 bridgehead atoms. The molecule has 1 heterocycles. The number of aromatic nitrogens is 1. The molecule has 20 heavy (non-hydrogen) atoms. The highest BCUT2D eigenvalue weighted by Crippen LogP contribution is 2.25. The van der Waals surface area contributed by atoms with E-state index in [9.17, 15) is 4.79 Å². The van der Waals surface area contributed by atoms with E-state index in [4.69, 9.17) is 23.2 Å². The molecule has 6 heteroatoms. The number of benzene rings is 1. The van der Waals surface area contributed by atoms with Crippen molar-refractivity contribution in [2.75, 3.05) is 12.4 Å². The number of esters is 1. The van der Waals surface area contributed by atoms with Gasteiger partial charge in [-0.15, -0.1) is 0 Å². The number of nitrogens with zero attached hydrogens (tertiary/aromatic N) is 1. The molecule has 0 atom stereocenters. The SMILES string of the molecule is COC(=O)c1cccc(CNc2ccc(Cl)cc2Cl)n1. The number of anilines is 1. The van der Waals surface area contributed by atoms with E-state index >= 15 is 0 Å². The predicted molar refractivity (Wildman–Crippen MR) is 79.4 cm³/mol. The van der Waals surface area contributed by atoms with E-state index in [0.717, 1.165) is 5.69 Å². The van der Waals surface area contributed by atoms with E-state index in [0.29, 0.717) is 22.3 Å². The van der Waals surface area contributed by atoms with E-state index in [-0.39, 0.29) is 5.69 Å². The van der Waals surface area contributed by atoms with E-state index < -0.39 is 5.97 Å². The molecule has 0 spiro atoms. The van der Waals surface area contributed by atoms with Crippen LogP contribution in [0, 0.1) is 0 Å². The molecular weight excluding hydrogens is 299 g/mol. The molecule has 1 aromatic carbocycles. The Balaban J connectivity index is 2.09. The second-order valence-corrected chi connectivity index (χ2v) is 4.83. The summed E-state index contributed by atoms with van der Waals surface area (Å²) in [6.45, 7) is 0.437. The molecule has 0 unspecified atom stereocenters. The van der Waals surface area contributed by atoms with E-state index in [1.807, 2.05) is 6.07 Å². The zero-order valence-electron chi connectivity index (χ0n) is 10.7. The van der Waals surface area contributed by atoms with Crippen molar-refractivity contribution in [3.05, 3.63) is 57.8 Å². The molecule has 2 rings (SSSR count). The number of hydrogen-bond acceptors (Lipinski definition) is 4. The molecule has 1 N–H and O–H groups in total. The van der Waals surface area contributed by atoms with Gasteiger partial charge in [-0.1, -0.05) is 29.3 Å². The van der Waals surface area contributed by atoms with Crippen molar-refractivity contribution in [2.45, 2.75) is 6.54 Å². The number of carbonyl (C=O) groups excluding carboxylic acids is 1. The van der Waals surface area contributed by atoms with Crippen LogP contribution in [0.2, 0.25) is 10.0 Å². The van der Waals surface area contributed by atoms with Gasteiger partial charge in [0, 0.05) is 5.02 Å². The Hall–Kier alpha value is -1.78. The van der Waals surface area contributed by atoms with Gasteiger partial charge in [0.05, 0.1) is 30.1 Å². The van der Waals surface area contributed by atoms with Crippen LogP contribution in [0.5, 0.6) is 0 Å². The van der Waals surface area contributed by atoms with Crippen LogP contribution in [0.25, 0.3) is 0 Å². The van der Waals surface area contributed by atoms with Crippen LogP contribution < -0.4 is 5.32 Å². The fraction of sp³-hybridized carbons (Fsp3) is 0.143. The summed E-state index contributed by atoms with van der Waals surface area (Å²) >= 11 is 11.9. The molecule has 0 radical (unpaired) electrons. The summed E-state index contributed by atoms with van der Waals surface area (Å²) in [4.78, 5) is 15.6. The van der Waals surface area contributed by atoms with Crippen LogP contribution in [0.15, 0.2) is 36.4 Å². The number of methoxy groups -OCH3 is 1. The van der Waals surface area contributed by atoms with Gasteiger partial charge >= 0.3 is 5.97 Å². The third kappa shape index (κ3) is 3.62. The molecule has 0 saturated carbocycles. The van der Waals surface area contributed by atoms with E-state index in [1.165, 1.54) is 7.11 Å². The first-order valence-corrected chi connectivity index (χ1v) is 6.59. The number of rotatable bonds is 4. The van der Waals surface area contributed by atoms with Gasteiger partial charge in [0.15, 0.2) is 0 Å². The number of halogens is 2. The van der Waals surface area contributed by atoms with Crippen molar-refractivity contribution in [3.63, 3.8) is 0 Å². The summed E-state index contributed by atoms with van der Waals surface area (Å²) in [5.41, 5.74) is 1.73. The molecule has 4 nitrogen and oxygen atoms in total. The van der Waals surface area contributed by atoms with E-state index in [2.05, 4.69) is 15.0 Å². The summed E-state index contributed by atoms with van der Waals surface area (Å²) < 4.78 is 4.63. The quantitative estimate of drug-likeness (QED) is 0.873. The van der Waals surface area contributed by atoms with Crippen molar-refractivity contribution in [2.24, 2.45) is 0 Å². The van der Waals surface area contributed by atoms with Crippen molar-refractivity contribution in [1.29, 1.82) is 0 Å². The molecular formula is C14H12Cl2N2O2. The van der Waals surface area contributed by atoms with Gasteiger partial charge in [0.25, 0.3) is 0 Å². The third-order valence-electron chi connectivity index (χ3n) is 2.59. The molecule has 0 aliphatic heterocycles. The lowest BCUT2D eigenvalue weighted by Crippen LogP contribution is -2.08. The average Bonchev–Trinajstić information content (AvgIpc) is 2.46. The highest BCUT2D eigenvalue weighted by molar-refractivity contribution is 6.36. The summed E-state index contributed by atoms with van der Waals surface area (Å²) in [6, 6.07) is 10.3. The number of carbonyl (C=O) groups is 1. The molecule has 0 aliphatic carbocycles. The minimum Gasteiger partial charge on any atom is -0.464 e. The van der Waals surface area contributed by atoms with Gasteiger partial charge in [-0.2, -0.15) is 0 Å². The van der Waals surface area contributed by atoms with Crippen molar-refractivity contribution in [1.82, 2.24) is 4.98 Å². The summed E-state index contributed by atoms with van der Waals surface area (Å²) in [7, 11) is 1.32. The monoisotopic (exact) mass is 310 g/mol. The predicted octanol–water partition coefficient (Wildman–Crippen LogP) is 3.79. The Morgan fingerprint density at radius 2 is 2.10 bits per heavy atom. The Morgan fingerprint density at radius 3 is 2.80 bits per heavy atom. The van der Waals surface area contributed by atoms with Gasteiger partial charge in [-0.05, 0) is 30.3 Å².